The first-order chi connectivity index (χ1) is 9.46. The van der Waals surface area contributed by atoms with Crippen LogP contribution in [0.2, 0.25) is 0 Å². The smallest absolute Gasteiger partial charge is 0.0807 e. The Labute approximate surface area is 124 Å². The largest absolute Gasteiger partial charge is 0.374 e. The minimum atomic E-state index is -0.111. The molecule has 2 nitrogen and oxygen atoms in total. The number of benzene rings is 1. The SMILES string of the molecule is CCOC(C)(CC)C(Cc1ccc(C(C)C)cc1)NC. The molecule has 0 aliphatic heterocycles. The summed E-state index contributed by atoms with van der Waals surface area (Å²) in [7, 11) is 2.03. The van der Waals surface area contributed by atoms with Gasteiger partial charge in [-0.3, -0.25) is 0 Å². The van der Waals surface area contributed by atoms with Crippen LogP contribution in [-0.2, 0) is 11.2 Å². The van der Waals surface area contributed by atoms with Crippen molar-refractivity contribution in [1.29, 1.82) is 0 Å². The van der Waals surface area contributed by atoms with Gasteiger partial charge in [-0.15, -0.1) is 0 Å². The van der Waals surface area contributed by atoms with Gasteiger partial charge in [0, 0.05) is 12.6 Å². The van der Waals surface area contributed by atoms with E-state index in [1.807, 2.05) is 7.05 Å². The van der Waals surface area contributed by atoms with Gasteiger partial charge >= 0.3 is 0 Å². The Morgan fingerprint density at radius 3 is 2.15 bits per heavy atom. The van der Waals surface area contributed by atoms with Gasteiger partial charge in [0.2, 0.25) is 0 Å². The van der Waals surface area contributed by atoms with Crippen LogP contribution in [0.15, 0.2) is 24.3 Å². The molecule has 1 rings (SSSR count). The van der Waals surface area contributed by atoms with E-state index in [0.717, 1.165) is 19.4 Å². The molecular weight excluding hydrogens is 246 g/mol. The zero-order valence-electron chi connectivity index (χ0n) is 14.0. The summed E-state index contributed by atoms with van der Waals surface area (Å²) in [5, 5.41) is 3.44. The summed E-state index contributed by atoms with van der Waals surface area (Å²) < 4.78 is 6.00. The second kappa shape index (κ2) is 7.80. The van der Waals surface area contributed by atoms with Crippen molar-refractivity contribution in [3.8, 4) is 0 Å². The van der Waals surface area contributed by atoms with Crippen molar-refractivity contribution in [2.24, 2.45) is 0 Å². The first-order valence-corrected chi connectivity index (χ1v) is 7.86. The van der Waals surface area contributed by atoms with Crippen LogP contribution in [0.1, 0.15) is 58.1 Å². The average molecular weight is 277 g/mol. The van der Waals surface area contributed by atoms with Crippen LogP contribution in [-0.4, -0.2) is 25.3 Å². The maximum atomic E-state index is 6.00. The molecule has 2 unspecified atom stereocenters. The van der Waals surface area contributed by atoms with Gasteiger partial charge in [0.05, 0.1) is 5.60 Å². The molecular formula is C18H31NO. The molecule has 1 aromatic carbocycles. The molecule has 0 spiro atoms. The summed E-state index contributed by atoms with van der Waals surface area (Å²) in [6.45, 7) is 11.7. The molecule has 0 radical (unpaired) electrons. The van der Waals surface area contributed by atoms with Crippen LogP contribution in [0.25, 0.3) is 0 Å². The minimum absolute atomic E-state index is 0.111. The lowest BCUT2D eigenvalue weighted by atomic mass is 9.87. The van der Waals surface area contributed by atoms with Gasteiger partial charge in [-0.1, -0.05) is 45.0 Å². The van der Waals surface area contributed by atoms with E-state index in [1.54, 1.807) is 0 Å². The maximum absolute atomic E-state index is 6.00. The van der Waals surface area contributed by atoms with Crippen LogP contribution < -0.4 is 5.32 Å². The van der Waals surface area contributed by atoms with Crippen molar-refractivity contribution in [2.75, 3.05) is 13.7 Å². The predicted molar refractivity (Wildman–Crippen MR) is 87.4 cm³/mol. The fourth-order valence-corrected chi connectivity index (χ4v) is 2.68. The quantitative estimate of drug-likeness (QED) is 0.771. The Morgan fingerprint density at radius 2 is 1.75 bits per heavy atom. The zero-order chi connectivity index (χ0) is 15.2. The van der Waals surface area contributed by atoms with Crippen molar-refractivity contribution >= 4 is 0 Å². The van der Waals surface area contributed by atoms with E-state index >= 15 is 0 Å². The summed E-state index contributed by atoms with van der Waals surface area (Å²) in [5.74, 6) is 0.591. The summed E-state index contributed by atoms with van der Waals surface area (Å²) in [6, 6.07) is 9.33. The Hall–Kier alpha value is -0.860. The van der Waals surface area contributed by atoms with Gasteiger partial charge in [-0.2, -0.15) is 0 Å². The van der Waals surface area contributed by atoms with E-state index < -0.39 is 0 Å². The zero-order valence-corrected chi connectivity index (χ0v) is 14.0. The summed E-state index contributed by atoms with van der Waals surface area (Å²) in [4.78, 5) is 0. The Balaban J connectivity index is 2.82. The molecule has 0 amide bonds. The normalized spacial score (nSPS) is 16.1. The Kier molecular flexibility index (Phi) is 6.70. The molecule has 2 heteroatoms. The summed E-state index contributed by atoms with van der Waals surface area (Å²) in [5.41, 5.74) is 2.66. The van der Waals surface area contributed by atoms with E-state index in [4.69, 9.17) is 4.74 Å². The molecule has 1 N–H and O–H groups in total. The Morgan fingerprint density at radius 1 is 1.15 bits per heavy atom. The van der Waals surface area contributed by atoms with E-state index in [-0.39, 0.29) is 5.60 Å². The molecule has 0 saturated heterocycles. The third-order valence-electron chi connectivity index (χ3n) is 4.35. The molecule has 2 atom stereocenters. The van der Waals surface area contributed by atoms with Crippen LogP contribution >= 0.6 is 0 Å². The van der Waals surface area contributed by atoms with E-state index in [2.05, 4.69) is 64.2 Å². The van der Waals surface area contributed by atoms with Gasteiger partial charge in [0.15, 0.2) is 0 Å². The third-order valence-corrected chi connectivity index (χ3v) is 4.35. The minimum Gasteiger partial charge on any atom is -0.374 e. The lowest BCUT2D eigenvalue weighted by molar-refractivity contribution is -0.0534. The molecule has 1 aromatic rings. The van der Waals surface area contributed by atoms with E-state index in [9.17, 15) is 0 Å². The second-order valence-corrected chi connectivity index (χ2v) is 6.04. The third kappa shape index (κ3) is 4.32. The fourth-order valence-electron chi connectivity index (χ4n) is 2.68. The number of hydrogen-bond donors (Lipinski definition) is 1. The maximum Gasteiger partial charge on any atom is 0.0807 e. The van der Waals surface area contributed by atoms with Gasteiger partial charge in [0.1, 0.15) is 0 Å². The number of rotatable bonds is 8. The molecule has 0 aliphatic rings. The van der Waals surface area contributed by atoms with Crippen LogP contribution in [0.4, 0.5) is 0 Å². The van der Waals surface area contributed by atoms with Gasteiger partial charge in [-0.05, 0) is 50.8 Å². The summed E-state index contributed by atoms with van der Waals surface area (Å²) >= 11 is 0. The van der Waals surface area contributed by atoms with Gasteiger partial charge < -0.3 is 10.1 Å². The number of nitrogens with one attached hydrogen (secondary N) is 1. The molecule has 0 heterocycles. The van der Waals surface area contributed by atoms with Gasteiger partial charge in [-0.25, -0.2) is 0 Å². The highest BCUT2D eigenvalue weighted by Gasteiger charge is 2.32. The second-order valence-electron chi connectivity index (χ2n) is 6.04. The molecule has 0 saturated carbocycles. The lowest BCUT2D eigenvalue weighted by Crippen LogP contribution is -2.50. The molecule has 0 aromatic heterocycles. The van der Waals surface area contributed by atoms with E-state index in [0.29, 0.717) is 12.0 Å². The summed E-state index contributed by atoms with van der Waals surface area (Å²) in [6.07, 6.45) is 2.01. The van der Waals surface area contributed by atoms with Crippen LogP contribution in [0, 0.1) is 0 Å². The van der Waals surface area contributed by atoms with Crippen molar-refractivity contribution in [3.63, 3.8) is 0 Å². The van der Waals surface area contributed by atoms with Gasteiger partial charge in [0.25, 0.3) is 0 Å². The number of ether oxygens (including phenoxy) is 1. The van der Waals surface area contributed by atoms with Crippen molar-refractivity contribution in [2.45, 2.75) is 65.0 Å². The molecule has 20 heavy (non-hydrogen) atoms. The highest BCUT2D eigenvalue weighted by molar-refractivity contribution is 5.25. The molecule has 0 bridgehead atoms. The lowest BCUT2D eigenvalue weighted by Gasteiger charge is -2.37. The van der Waals surface area contributed by atoms with Crippen molar-refractivity contribution in [3.05, 3.63) is 35.4 Å². The average Bonchev–Trinajstić information content (AvgIpc) is 2.45. The monoisotopic (exact) mass is 277 g/mol. The number of likely N-dealkylation sites (N-methyl/N-ethyl adjacent to an activating group) is 1. The first kappa shape index (κ1) is 17.2. The predicted octanol–water partition coefficient (Wildman–Crippen LogP) is 4.15. The highest BCUT2D eigenvalue weighted by Crippen LogP contribution is 2.24. The standard InChI is InChI=1S/C18H31NO/c1-7-18(5,20-8-2)17(19-6)13-15-9-11-16(12-10-15)14(3)4/h9-12,14,17,19H,7-8,13H2,1-6H3. The number of hydrogen-bond acceptors (Lipinski definition) is 2. The molecule has 114 valence electrons. The van der Waals surface area contributed by atoms with Crippen LogP contribution in [0.5, 0.6) is 0 Å². The molecule has 0 fully saturated rings. The van der Waals surface area contributed by atoms with Crippen LogP contribution in [0.3, 0.4) is 0 Å². The highest BCUT2D eigenvalue weighted by atomic mass is 16.5. The van der Waals surface area contributed by atoms with E-state index in [1.165, 1.54) is 11.1 Å². The fraction of sp³-hybridized carbons (Fsp3) is 0.667. The molecule has 0 aliphatic carbocycles. The first-order valence-electron chi connectivity index (χ1n) is 7.86. The Bertz CT molecular complexity index is 385. The topological polar surface area (TPSA) is 21.3 Å². The van der Waals surface area contributed by atoms with Crippen molar-refractivity contribution in [1.82, 2.24) is 5.32 Å². The van der Waals surface area contributed by atoms with Crippen molar-refractivity contribution < 1.29 is 4.74 Å².